The van der Waals surface area contributed by atoms with Crippen molar-refractivity contribution >= 4 is 0 Å². The van der Waals surface area contributed by atoms with Crippen molar-refractivity contribution in [2.24, 2.45) is 0 Å². The molecule has 0 spiro atoms. The van der Waals surface area contributed by atoms with E-state index in [1.807, 2.05) is 36.4 Å². The van der Waals surface area contributed by atoms with Crippen molar-refractivity contribution in [2.45, 2.75) is 0 Å². The maximum absolute atomic E-state index is 8.25. The minimum Gasteiger partial charge on any atom is -0.356 e. The van der Waals surface area contributed by atoms with Crippen LogP contribution < -0.4 is 0 Å². The van der Waals surface area contributed by atoms with Crippen molar-refractivity contribution in [2.75, 3.05) is 0 Å². The molecule has 0 aliphatic heterocycles. The second kappa shape index (κ2) is 14.2. The van der Waals surface area contributed by atoms with Gasteiger partial charge in [0.2, 0.25) is 0 Å². The van der Waals surface area contributed by atoms with Crippen LogP contribution in [0.1, 0.15) is 0 Å². The van der Waals surface area contributed by atoms with Crippen molar-refractivity contribution in [1.82, 2.24) is 9.97 Å². The van der Waals surface area contributed by atoms with Crippen LogP contribution in [0.25, 0.3) is 0 Å². The maximum atomic E-state index is 8.25. The molecule has 0 aliphatic carbocycles. The summed E-state index contributed by atoms with van der Waals surface area (Å²) in [5.74, 6) is 0. The molecule has 2 heterocycles. The minimum absolute atomic E-state index is 0. The molecule has 2 aromatic rings. The van der Waals surface area contributed by atoms with Gasteiger partial charge in [-0.25, -0.2) is 0 Å². The SMILES string of the molecule is O=[N+]([O-])[O-].[Ag+].c1ccncc1.c1ccncc1. The van der Waals surface area contributed by atoms with E-state index in [1.165, 1.54) is 0 Å². The van der Waals surface area contributed by atoms with Crippen molar-refractivity contribution in [3.8, 4) is 0 Å². The number of aromatic nitrogens is 2. The molecule has 7 heteroatoms. The van der Waals surface area contributed by atoms with E-state index in [1.54, 1.807) is 24.8 Å². The van der Waals surface area contributed by atoms with E-state index in [2.05, 4.69) is 9.97 Å². The first kappa shape index (κ1) is 17.6. The molecule has 0 fully saturated rings. The van der Waals surface area contributed by atoms with Gasteiger partial charge in [-0.2, -0.15) is 0 Å². The number of rotatable bonds is 0. The van der Waals surface area contributed by atoms with Crippen molar-refractivity contribution in [3.63, 3.8) is 0 Å². The third kappa shape index (κ3) is 20.3. The molecule has 0 bridgehead atoms. The monoisotopic (exact) mass is 327 g/mol. The molecule has 2 aromatic heterocycles. The Bertz CT molecular complexity index is 273. The first-order valence-corrected chi connectivity index (χ1v) is 4.25. The van der Waals surface area contributed by atoms with E-state index in [-0.39, 0.29) is 22.4 Å². The minimum atomic E-state index is -1.75. The van der Waals surface area contributed by atoms with Gasteiger partial charge in [0, 0.05) is 24.8 Å². The van der Waals surface area contributed by atoms with E-state index in [0.29, 0.717) is 0 Å². The summed E-state index contributed by atoms with van der Waals surface area (Å²) in [6, 6.07) is 11.4. The largest absolute Gasteiger partial charge is 1.00 e. The average Bonchev–Trinajstić information content (AvgIpc) is 2.34. The van der Waals surface area contributed by atoms with Gasteiger partial charge in [-0.3, -0.25) is 9.97 Å². The van der Waals surface area contributed by atoms with E-state index in [0.717, 1.165) is 0 Å². The van der Waals surface area contributed by atoms with Gasteiger partial charge in [-0.1, -0.05) is 12.1 Å². The Labute approximate surface area is 114 Å². The summed E-state index contributed by atoms with van der Waals surface area (Å²) < 4.78 is 0. The molecule has 0 saturated carbocycles. The smallest absolute Gasteiger partial charge is 0.356 e. The predicted octanol–water partition coefficient (Wildman–Crippen LogP) is 1.92. The van der Waals surface area contributed by atoms with Crippen LogP contribution in [0.15, 0.2) is 61.2 Å². The molecule has 0 unspecified atom stereocenters. The number of nitrogens with zero attached hydrogens (tertiary/aromatic N) is 3. The molecule has 2 rings (SSSR count). The molecule has 0 aromatic carbocycles. The van der Waals surface area contributed by atoms with Gasteiger partial charge in [0.25, 0.3) is 0 Å². The zero-order valence-electron chi connectivity index (χ0n) is 8.64. The molecule has 0 aliphatic rings. The molecule has 0 saturated heterocycles. The predicted molar refractivity (Wildman–Crippen MR) is 58.8 cm³/mol. The molecule has 0 amide bonds. The van der Waals surface area contributed by atoms with Crippen LogP contribution in [0.3, 0.4) is 0 Å². The zero-order valence-corrected chi connectivity index (χ0v) is 10.1. The molecule has 0 atom stereocenters. The average molecular weight is 328 g/mol. The van der Waals surface area contributed by atoms with Gasteiger partial charge in [0.05, 0.1) is 5.09 Å². The molecule has 0 radical (unpaired) electrons. The Morgan fingerprint density at radius 2 is 0.941 bits per heavy atom. The van der Waals surface area contributed by atoms with Crippen LogP contribution in [0.4, 0.5) is 0 Å². The number of hydrogen-bond acceptors (Lipinski definition) is 5. The van der Waals surface area contributed by atoms with Gasteiger partial charge in [-0.05, 0) is 24.3 Å². The molecule has 0 N–H and O–H groups in total. The van der Waals surface area contributed by atoms with Crippen LogP contribution in [-0.2, 0) is 22.4 Å². The van der Waals surface area contributed by atoms with E-state index in [9.17, 15) is 0 Å². The van der Waals surface area contributed by atoms with Crippen molar-refractivity contribution in [1.29, 1.82) is 0 Å². The van der Waals surface area contributed by atoms with Crippen molar-refractivity contribution < 1.29 is 27.5 Å². The normalized spacial score (nSPS) is 7.06. The molecule has 94 valence electrons. The van der Waals surface area contributed by atoms with Gasteiger partial charge in [0.1, 0.15) is 0 Å². The Kier molecular flexibility index (Phi) is 14.8. The summed E-state index contributed by atoms with van der Waals surface area (Å²) in [7, 11) is 0. The summed E-state index contributed by atoms with van der Waals surface area (Å²) in [6.45, 7) is 0. The van der Waals surface area contributed by atoms with Crippen LogP contribution in [0.5, 0.6) is 0 Å². The fourth-order valence-electron chi connectivity index (χ4n) is 0.625. The standard InChI is InChI=1S/2C5H5N.Ag.NO3/c2*1-2-4-6-5-3-1;;2-1(3)4/h2*1-5H;;/q;;+1;-1. The fraction of sp³-hybridized carbons (Fsp3) is 0. The van der Waals surface area contributed by atoms with Gasteiger partial charge < -0.3 is 15.3 Å². The Morgan fingerprint density at radius 3 is 1.00 bits per heavy atom. The first-order valence-electron chi connectivity index (χ1n) is 4.25. The third-order valence-electron chi connectivity index (χ3n) is 1.13. The quantitative estimate of drug-likeness (QED) is 0.418. The summed E-state index contributed by atoms with van der Waals surface area (Å²) in [6.07, 6.45) is 7.00. The summed E-state index contributed by atoms with van der Waals surface area (Å²) >= 11 is 0. The third-order valence-corrected chi connectivity index (χ3v) is 1.13. The van der Waals surface area contributed by atoms with Crippen molar-refractivity contribution in [3.05, 3.63) is 76.5 Å². The van der Waals surface area contributed by atoms with Crippen LogP contribution in [-0.4, -0.2) is 15.1 Å². The summed E-state index contributed by atoms with van der Waals surface area (Å²) in [5, 5.41) is 14.8. The van der Waals surface area contributed by atoms with Gasteiger partial charge >= 0.3 is 22.4 Å². The topological polar surface area (TPSA) is 92.0 Å². The molecular formula is C10H10AgN3O3. The molecular weight excluding hydrogens is 318 g/mol. The van der Waals surface area contributed by atoms with Crippen LogP contribution in [0, 0.1) is 15.3 Å². The maximum Gasteiger partial charge on any atom is 1.00 e. The van der Waals surface area contributed by atoms with Crippen LogP contribution in [0.2, 0.25) is 0 Å². The second-order valence-electron chi connectivity index (χ2n) is 2.27. The summed E-state index contributed by atoms with van der Waals surface area (Å²) in [5.41, 5.74) is 0. The Balaban J connectivity index is 0. The number of hydrogen-bond donors (Lipinski definition) is 0. The van der Waals surface area contributed by atoms with Crippen LogP contribution >= 0.6 is 0 Å². The molecule has 17 heavy (non-hydrogen) atoms. The first-order chi connectivity index (χ1) is 7.73. The Morgan fingerprint density at radius 1 is 0.706 bits per heavy atom. The Hall–Kier alpha value is -1.76. The van der Waals surface area contributed by atoms with Gasteiger partial charge in [0.15, 0.2) is 0 Å². The second-order valence-corrected chi connectivity index (χ2v) is 2.27. The van der Waals surface area contributed by atoms with E-state index < -0.39 is 5.09 Å². The number of pyridine rings is 2. The van der Waals surface area contributed by atoms with Gasteiger partial charge in [-0.15, -0.1) is 0 Å². The van der Waals surface area contributed by atoms with E-state index in [4.69, 9.17) is 15.3 Å². The summed E-state index contributed by atoms with van der Waals surface area (Å²) in [4.78, 5) is 15.8. The molecule has 6 nitrogen and oxygen atoms in total. The van der Waals surface area contributed by atoms with E-state index >= 15 is 0 Å². The zero-order chi connectivity index (χ0) is 12.1. The fourth-order valence-corrected chi connectivity index (χ4v) is 0.625.